The van der Waals surface area contributed by atoms with Crippen LogP contribution in [0.4, 0.5) is 0 Å². The zero-order valence-corrected chi connectivity index (χ0v) is 7.40. The molecule has 3 heteroatoms. The van der Waals surface area contributed by atoms with E-state index in [2.05, 4.69) is 5.32 Å². The second-order valence-electron chi connectivity index (χ2n) is 2.99. The highest BCUT2D eigenvalue weighted by molar-refractivity contribution is 5.96. The smallest absolute Gasteiger partial charge is 0.337 e. The van der Waals surface area contributed by atoms with E-state index in [9.17, 15) is 4.79 Å². The van der Waals surface area contributed by atoms with Crippen molar-refractivity contribution < 1.29 is 9.90 Å². The SMILES string of the molecule is O=C(O)C1=CNC=c2ccccc2=C1. The van der Waals surface area contributed by atoms with Crippen LogP contribution < -0.4 is 15.8 Å². The minimum absolute atomic E-state index is 0.256. The van der Waals surface area contributed by atoms with Crippen LogP contribution in [0.2, 0.25) is 0 Å². The van der Waals surface area contributed by atoms with E-state index in [4.69, 9.17) is 5.11 Å². The van der Waals surface area contributed by atoms with Gasteiger partial charge in [0.2, 0.25) is 0 Å². The Kier molecular flexibility index (Phi) is 2.07. The van der Waals surface area contributed by atoms with Crippen molar-refractivity contribution in [2.75, 3.05) is 0 Å². The van der Waals surface area contributed by atoms with E-state index in [-0.39, 0.29) is 5.57 Å². The van der Waals surface area contributed by atoms with E-state index in [0.29, 0.717) is 0 Å². The van der Waals surface area contributed by atoms with E-state index < -0.39 is 5.97 Å². The Morgan fingerprint density at radius 1 is 1.14 bits per heavy atom. The van der Waals surface area contributed by atoms with Gasteiger partial charge in [-0.2, -0.15) is 0 Å². The van der Waals surface area contributed by atoms with E-state index in [1.165, 1.54) is 6.20 Å². The molecule has 0 aliphatic carbocycles. The molecule has 1 aromatic rings. The van der Waals surface area contributed by atoms with Crippen LogP contribution in [0, 0.1) is 0 Å². The first kappa shape index (κ1) is 8.56. The molecule has 0 bridgehead atoms. The van der Waals surface area contributed by atoms with Crippen LogP contribution in [0.25, 0.3) is 12.3 Å². The first-order valence-electron chi connectivity index (χ1n) is 4.24. The number of hydrogen-bond acceptors (Lipinski definition) is 2. The Morgan fingerprint density at radius 2 is 1.86 bits per heavy atom. The number of hydrogen-bond donors (Lipinski definition) is 2. The number of fused-ring (bicyclic) bond motifs is 1. The summed E-state index contributed by atoms with van der Waals surface area (Å²) in [6.45, 7) is 0. The fraction of sp³-hybridized carbons (Fsp3) is 0. The minimum Gasteiger partial charge on any atom is -0.478 e. The first-order chi connectivity index (χ1) is 6.77. The van der Waals surface area contributed by atoms with Crippen LogP contribution in [0.1, 0.15) is 0 Å². The monoisotopic (exact) mass is 187 g/mol. The molecule has 2 rings (SSSR count). The summed E-state index contributed by atoms with van der Waals surface area (Å²) in [7, 11) is 0. The number of carboxylic acids is 1. The summed E-state index contributed by atoms with van der Waals surface area (Å²) in [4.78, 5) is 10.8. The largest absolute Gasteiger partial charge is 0.478 e. The molecule has 1 aliphatic rings. The topological polar surface area (TPSA) is 49.3 Å². The molecule has 0 unspecified atom stereocenters. The van der Waals surface area contributed by atoms with Gasteiger partial charge in [0.05, 0.1) is 5.57 Å². The van der Waals surface area contributed by atoms with Crippen LogP contribution in [-0.2, 0) is 4.79 Å². The van der Waals surface area contributed by atoms with Crippen LogP contribution in [0.3, 0.4) is 0 Å². The molecule has 0 spiro atoms. The number of carbonyl (C=O) groups is 1. The molecule has 0 fully saturated rings. The molecule has 0 saturated carbocycles. The highest BCUT2D eigenvalue weighted by Crippen LogP contribution is 1.95. The maximum absolute atomic E-state index is 10.8. The lowest BCUT2D eigenvalue weighted by molar-refractivity contribution is -0.132. The van der Waals surface area contributed by atoms with Crippen molar-refractivity contribution >= 4 is 18.2 Å². The Morgan fingerprint density at radius 3 is 2.57 bits per heavy atom. The molecule has 0 saturated heterocycles. The molecule has 0 amide bonds. The second-order valence-corrected chi connectivity index (χ2v) is 2.99. The molecular formula is C11H9NO2. The van der Waals surface area contributed by atoms with Crippen molar-refractivity contribution in [1.29, 1.82) is 0 Å². The van der Waals surface area contributed by atoms with Crippen LogP contribution >= 0.6 is 0 Å². The molecule has 0 radical (unpaired) electrons. The van der Waals surface area contributed by atoms with Gasteiger partial charge in [0, 0.05) is 12.4 Å². The second kappa shape index (κ2) is 3.38. The van der Waals surface area contributed by atoms with Gasteiger partial charge in [-0.3, -0.25) is 0 Å². The maximum Gasteiger partial charge on any atom is 0.337 e. The summed E-state index contributed by atoms with van der Waals surface area (Å²) in [6, 6.07) is 7.61. The summed E-state index contributed by atoms with van der Waals surface area (Å²) in [5.74, 6) is -0.928. The van der Waals surface area contributed by atoms with Gasteiger partial charge in [0.25, 0.3) is 0 Å². The summed E-state index contributed by atoms with van der Waals surface area (Å²) in [6.07, 6.45) is 4.90. The molecule has 0 aromatic heterocycles. The van der Waals surface area contributed by atoms with Gasteiger partial charge >= 0.3 is 5.97 Å². The average molecular weight is 187 g/mol. The highest BCUT2D eigenvalue weighted by Gasteiger charge is 2.03. The Labute approximate surface area is 80.7 Å². The lowest BCUT2D eigenvalue weighted by atomic mass is 10.2. The maximum atomic E-state index is 10.8. The molecule has 14 heavy (non-hydrogen) atoms. The Balaban J connectivity index is 2.65. The standard InChI is InChI=1S/C11H9NO2/c13-11(14)10-5-8-3-1-2-4-9(8)6-12-7-10/h1-7,12H,(H,13,14). The summed E-state index contributed by atoms with van der Waals surface area (Å²) in [5, 5.41) is 13.6. The summed E-state index contributed by atoms with van der Waals surface area (Å²) in [5.41, 5.74) is 0.256. The molecule has 1 heterocycles. The quantitative estimate of drug-likeness (QED) is 0.639. The molecule has 3 nitrogen and oxygen atoms in total. The lowest BCUT2D eigenvalue weighted by Gasteiger charge is -1.91. The Hall–Kier alpha value is -2.03. The zero-order chi connectivity index (χ0) is 9.97. The van der Waals surface area contributed by atoms with E-state index in [0.717, 1.165) is 10.4 Å². The minimum atomic E-state index is -0.928. The van der Waals surface area contributed by atoms with Gasteiger partial charge in [-0.25, -0.2) is 4.79 Å². The van der Waals surface area contributed by atoms with Gasteiger partial charge in [-0.15, -0.1) is 0 Å². The predicted molar refractivity (Wildman–Crippen MR) is 53.5 cm³/mol. The fourth-order valence-electron chi connectivity index (χ4n) is 1.33. The van der Waals surface area contributed by atoms with Gasteiger partial charge < -0.3 is 10.4 Å². The molecule has 1 aromatic carbocycles. The molecule has 0 atom stereocenters. The van der Waals surface area contributed by atoms with Gasteiger partial charge in [0.15, 0.2) is 0 Å². The van der Waals surface area contributed by atoms with Gasteiger partial charge in [-0.05, 0) is 16.5 Å². The summed E-state index contributed by atoms with van der Waals surface area (Å²) >= 11 is 0. The number of carboxylic acid groups (broad SMARTS) is 1. The van der Waals surface area contributed by atoms with E-state index in [1.807, 2.05) is 24.3 Å². The van der Waals surface area contributed by atoms with Crippen molar-refractivity contribution in [3.8, 4) is 0 Å². The Bertz CT molecular complexity index is 514. The van der Waals surface area contributed by atoms with Crippen molar-refractivity contribution in [3.05, 3.63) is 46.5 Å². The average Bonchev–Trinajstić information content (AvgIpc) is 2.39. The third-order valence-corrected chi connectivity index (χ3v) is 2.03. The number of nitrogens with one attached hydrogen (secondary N) is 1. The molecule has 2 N–H and O–H groups in total. The van der Waals surface area contributed by atoms with E-state index in [1.54, 1.807) is 12.3 Å². The summed E-state index contributed by atoms with van der Waals surface area (Å²) < 4.78 is 0. The zero-order valence-electron chi connectivity index (χ0n) is 7.40. The number of benzene rings is 1. The van der Waals surface area contributed by atoms with Crippen LogP contribution in [0.5, 0.6) is 0 Å². The number of aliphatic carboxylic acids is 1. The fourth-order valence-corrected chi connectivity index (χ4v) is 1.33. The van der Waals surface area contributed by atoms with Crippen LogP contribution in [0.15, 0.2) is 36.0 Å². The first-order valence-corrected chi connectivity index (χ1v) is 4.24. The van der Waals surface area contributed by atoms with Crippen LogP contribution in [-0.4, -0.2) is 11.1 Å². The highest BCUT2D eigenvalue weighted by atomic mass is 16.4. The molecule has 1 aliphatic heterocycles. The van der Waals surface area contributed by atoms with E-state index >= 15 is 0 Å². The van der Waals surface area contributed by atoms with Gasteiger partial charge in [0.1, 0.15) is 0 Å². The van der Waals surface area contributed by atoms with Crippen molar-refractivity contribution in [2.45, 2.75) is 0 Å². The third-order valence-electron chi connectivity index (χ3n) is 2.03. The molecular weight excluding hydrogens is 178 g/mol. The lowest BCUT2D eigenvalue weighted by Crippen LogP contribution is -2.24. The predicted octanol–water partition coefficient (Wildman–Crippen LogP) is -0.223. The third kappa shape index (κ3) is 1.52. The molecule has 70 valence electrons. The normalized spacial score (nSPS) is 13.6. The van der Waals surface area contributed by atoms with Crippen molar-refractivity contribution in [2.24, 2.45) is 0 Å². The van der Waals surface area contributed by atoms with Crippen molar-refractivity contribution in [1.82, 2.24) is 5.32 Å². The number of rotatable bonds is 1. The van der Waals surface area contributed by atoms with Gasteiger partial charge in [-0.1, -0.05) is 24.3 Å². The van der Waals surface area contributed by atoms with Crippen molar-refractivity contribution in [3.63, 3.8) is 0 Å².